The number of anilines is 1. The molecule has 1 heterocycles. The highest BCUT2D eigenvalue weighted by Crippen LogP contribution is 2.13. The van der Waals surface area contributed by atoms with Gasteiger partial charge in [0.05, 0.1) is 11.9 Å². The lowest BCUT2D eigenvalue weighted by molar-refractivity contribution is 0.891. The van der Waals surface area contributed by atoms with Crippen LogP contribution in [0.4, 0.5) is 5.82 Å². The van der Waals surface area contributed by atoms with Gasteiger partial charge in [-0.3, -0.25) is 0 Å². The van der Waals surface area contributed by atoms with Crippen LogP contribution in [0.3, 0.4) is 0 Å². The van der Waals surface area contributed by atoms with E-state index in [0.717, 1.165) is 11.3 Å². The van der Waals surface area contributed by atoms with E-state index in [1.54, 1.807) is 23.0 Å². The average molecular weight is 185 g/mol. The summed E-state index contributed by atoms with van der Waals surface area (Å²) in [5.74, 6) is 0.636. The molecule has 70 valence electrons. The molecule has 2 rings (SSSR count). The fourth-order valence-corrected chi connectivity index (χ4v) is 1.28. The first-order valence-electron chi connectivity index (χ1n) is 4.33. The summed E-state index contributed by atoms with van der Waals surface area (Å²) in [4.78, 5) is 0. The molecule has 0 saturated heterocycles. The molecule has 0 fully saturated rings. The second-order valence-electron chi connectivity index (χ2n) is 2.96. The summed E-state index contributed by atoms with van der Waals surface area (Å²) in [6, 6.07) is 9.63. The van der Waals surface area contributed by atoms with Gasteiger partial charge in [-0.05, 0) is 17.7 Å². The third-order valence-corrected chi connectivity index (χ3v) is 2.05. The maximum atomic E-state index is 5.72. The van der Waals surface area contributed by atoms with E-state index in [-0.39, 0.29) is 0 Å². The first-order chi connectivity index (χ1) is 6.81. The van der Waals surface area contributed by atoms with Crippen molar-refractivity contribution in [3.8, 4) is 5.69 Å². The van der Waals surface area contributed by atoms with E-state index < -0.39 is 0 Å². The van der Waals surface area contributed by atoms with Crippen molar-refractivity contribution in [2.24, 2.45) is 0 Å². The number of aromatic nitrogens is 2. The normalized spacial score (nSPS) is 10.0. The number of nitrogens with zero attached hydrogens (tertiary/aromatic N) is 2. The zero-order chi connectivity index (χ0) is 9.97. The molecule has 0 saturated carbocycles. The molecule has 0 radical (unpaired) electrons. The Morgan fingerprint density at radius 2 is 1.93 bits per heavy atom. The van der Waals surface area contributed by atoms with Crippen molar-refractivity contribution < 1.29 is 0 Å². The van der Waals surface area contributed by atoms with Crippen molar-refractivity contribution >= 4 is 11.9 Å². The van der Waals surface area contributed by atoms with Crippen LogP contribution in [0.2, 0.25) is 0 Å². The van der Waals surface area contributed by atoms with E-state index in [4.69, 9.17) is 5.73 Å². The largest absolute Gasteiger partial charge is 0.384 e. The summed E-state index contributed by atoms with van der Waals surface area (Å²) in [6.07, 6.45) is 3.48. The Morgan fingerprint density at radius 3 is 2.43 bits per heavy atom. The molecule has 2 aromatic rings. The second-order valence-corrected chi connectivity index (χ2v) is 2.96. The maximum Gasteiger partial charge on any atom is 0.127 e. The quantitative estimate of drug-likeness (QED) is 0.778. The lowest BCUT2D eigenvalue weighted by Gasteiger charge is -2.03. The van der Waals surface area contributed by atoms with E-state index in [2.05, 4.69) is 11.7 Å². The van der Waals surface area contributed by atoms with E-state index in [0.29, 0.717) is 5.82 Å². The molecule has 2 N–H and O–H groups in total. The summed E-state index contributed by atoms with van der Waals surface area (Å²) in [5, 5.41) is 4.11. The standard InChI is InChI=1S/C11H11N3/c1-2-9-3-5-10(6-4-9)14-11(12)7-8-13-14/h2-8H,1,12H2. The number of hydrogen-bond donors (Lipinski definition) is 1. The van der Waals surface area contributed by atoms with Gasteiger partial charge in [0.25, 0.3) is 0 Å². The van der Waals surface area contributed by atoms with Gasteiger partial charge < -0.3 is 5.73 Å². The Bertz CT molecular complexity index is 440. The average Bonchev–Trinajstić information content (AvgIpc) is 2.65. The van der Waals surface area contributed by atoms with E-state index >= 15 is 0 Å². The number of nitrogens with two attached hydrogens (primary N) is 1. The Kier molecular flexibility index (Phi) is 2.07. The third kappa shape index (κ3) is 1.40. The van der Waals surface area contributed by atoms with Crippen LogP contribution in [0.25, 0.3) is 11.8 Å². The van der Waals surface area contributed by atoms with Crippen molar-refractivity contribution in [2.45, 2.75) is 0 Å². The van der Waals surface area contributed by atoms with Crippen LogP contribution >= 0.6 is 0 Å². The zero-order valence-electron chi connectivity index (χ0n) is 7.72. The lowest BCUT2D eigenvalue weighted by atomic mass is 10.2. The zero-order valence-corrected chi connectivity index (χ0v) is 7.72. The van der Waals surface area contributed by atoms with Gasteiger partial charge in [0.2, 0.25) is 0 Å². The van der Waals surface area contributed by atoms with Gasteiger partial charge in [-0.25, -0.2) is 4.68 Å². The van der Waals surface area contributed by atoms with Crippen LogP contribution in [0.5, 0.6) is 0 Å². The minimum absolute atomic E-state index is 0.636. The van der Waals surface area contributed by atoms with Gasteiger partial charge in [-0.15, -0.1) is 0 Å². The van der Waals surface area contributed by atoms with Crippen molar-refractivity contribution in [3.05, 3.63) is 48.7 Å². The summed E-state index contributed by atoms with van der Waals surface area (Å²) in [5.41, 5.74) is 7.76. The molecule has 0 spiro atoms. The third-order valence-electron chi connectivity index (χ3n) is 2.05. The Hall–Kier alpha value is -2.03. The van der Waals surface area contributed by atoms with Crippen LogP contribution in [-0.4, -0.2) is 9.78 Å². The van der Waals surface area contributed by atoms with E-state index in [1.807, 2.05) is 24.3 Å². The molecule has 0 unspecified atom stereocenters. The first-order valence-corrected chi connectivity index (χ1v) is 4.33. The molecular weight excluding hydrogens is 174 g/mol. The van der Waals surface area contributed by atoms with Crippen molar-refractivity contribution in [2.75, 3.05) is 5.73 Å². The van der Waals surface area contributed by atoms with Gasteiger partial charge in [0.15, 0.2) is 0 Å². The predicted molar refractivity (Wildman–Crippen MR) is 58.1 cm³/mol. The van der Waals surface area contributed by atoms with Gasteiger partial charge in [-0.2, -0.15) is 5.10 Å². The molecule has 1 aromatic heterocycles. The molecule has 3 heteroatoms. The molecule has 3 nitrogen and oxygen atoms in total. The van der Waals surface area contributed by atoms with Crippen LogP contribution in [-0.2, 0) is 0 Å². The predicted octanol–water partition coefficient (Wildman–Crippen LogP) is 2.10. The fraction of sp³-hybridized carbons (Fsp3) is 0. The number of benzene rings is 1. The highest BCUT2D eigenvalue weighted by molar-refractivity contribution is 5.51. The number of nitrogen functional groups attached to an aromatic ring is 1. The minimum atomic E-state index is 0.636. The molecule has 0 aliphatic rings. The molecule has 0 bridgehead atoms. The number of hydrogen-bond acceptors (Lipinski definition) is 2. The Balaban J connectivity index is 2.43. The first kappa shape index (κ1) is 8.56. The van der Waals surface area contributed by atoms with Crippen LogP contribution in [0.15, 0.2) is 43.1 Å². The Morgan fingerprint density at radius 1 is 1.21 bits per heavy atom. The monoisotopic (exact) mass is 185 g/mol. The highest BCUT2D eigenvalue weighted by atomic mass is 15.3. The van der Waals surface area contributed by atoms with Crippen molar-refractivity contribution in [3.63, 3.8) is 0 Å². The summed E-state index contributed by atoms with van der Waals surface area (Å²) in [7, 11) is 0. The maximum absolute atomic E-state index is 5.72. The summed E-state index contributed by atoms with van der Waals surface area (Å²) in [6.45, 7) is 3.69. The minimum Gasteiger partial charge on any atom is -0.384 e. The smallest absolute Gasteiger partial charge is 0.127 e. The van der Waals surface area contributed by atoms with Gasteiger partial charge in [0.1, 0.15) is 5.82 Å². The van der Waals surface area contributed by atoms with Crippen LogP contribution in [0.1, 0.15) is 5.56 Å². The lowest BCUT2D eigenvalue weighted by Crippen LogP contribution is -2.00. The molecule has 0 amide bonds. The van der Waals surface area contributed by atoms with E-state index in [9.17, 15) is 0 Å². The van der Waals surface area contributed by atoms with Crippen molar-refractivity contribution in [1.82, 2.24) is 9.78 Å². The molecule has 1 aromatic carbocycles. The van der Waals surface area contributed by atoms with E-state index in [1.165, 1.54) is 0 Å². The fourth-order valence-electron chi connectivity index (χ4n) is 1.28. The number of rotatable bonds is 2. The van der Waals surface area contributed by atoms with Gasteiger partial charge in [0, 0.05) is 6.07 Å². The Labute approximate surface area is 82.5 Å². The molecule has 0 aliphatic heterocycles. The second kappa shape index (κ2) is 3.38. The van der Waals surface area contributed by atoms with Crippen LogP contribution in [0, 0.1) is 0 Å². The molecular formula is C11H11N3. The highest BCUT2D eigenvalue weighted by Gasteiger charge is 1.99. The SMILES string of the molecule is C=Cc1ccc(-n2nccc2N)cc1. The van der Waals surface area contributed by atoms with Gasteiger partial charge >= 0.3 is 0 Å². The molecule has 0 atom stereocenters. The summed E-state index contributed by atoms with van der Waals surface area (Å²) < 4.78 is 1.69. The topological polar surface area (TPSA) is 43.8 Å². The van der Waals surface area contributed by atoms with Gasteiger partial charge in [-0.1, -0.05) is 24.8 Å². The molecule has 14 heavy (non-hydrogen) atoms. The van der Waals surface area contributed by atoms with Crippen LogP contribution < -0.4 is 5.73 Å². The summed E-state index contributed by atoms with van der Waals surface area (Å²) >= 11 is 0. The molecule has 0 aliphatic carbocycles. The van der Waals surface area contributed by atoms with Crippen molar-refractivity contribution in [1.29, 1.82) is 0 Å².